The molecule has 3 aromatic carbocycles. The predicted molar refractivity (Wildman–Crippen MR) is 106 cm³/mol. The number of carbonyl (C=O) groups excluding carboxylic acids is 2. The number of rotatable bonds is 6. The molecule has 0 saturated carbocycles. The zero-order valence-corrected chi connectivity index (χ0v) is 14.9. The summed E-state index contributed by atoms with van der Waals surface area (Å²) in [7, 11) is 0. The van der Waals surface area contributed by atoms with Gasteiger partial charge in [-0.15, -0.1) is 0 Å². The molecule has 0 saturated heterocycles. The molecule has 0 fully saturated rings. The van der Waals surface area contributed by atoms with Crippen LogP contribution in [-0.2, 0) is 4.79 Å². The third-order valence-corrected chi connectivity index (χ3v) is 3.93. The molecule has 5 nitrogen and oxygen atoms in total. The lowest BCUT2D eigenvalue weighted by molar-refractivity contribution is -0.118. The molecule has 0 heterocycles. The summed E-state index contributed by atoms with van der Waals surface area (Å²) in [6.07, 6.45) is 0. The van der Waals surface area contributed by atoms with Crippen LogP contribution in [0.15, 0.2) is 78.9 Å². The van der Waals surface area contributed by atoms with Crippen molar-refractivity contribution >= 4 is 23.2 Å². The first kappa shape index (κ1) is 18.2. The molecule has 0 aliphatic carbocycles. The molecule has 5 heteroatoms. The number of para-hydroxylation sites is 3. The Labute approximate surface area is 158 Å². The molecule has 0 spiro atoms. The highest BCUT2D eigenvalue weighted by Crippen LogP contribution is 2.19. The monoisotopic (exact) mass is 360 g/mol. The van der Waals surface area contributed by atoms with Gasteiger partial charge in [0, 0.05) is 5.69 Å². The molecule has 0 unspecified atom stereocenters. The molecular weight excluding hydrogens is 340 g/mol. The summed E-state index contributed by atoms with van der Waals surface area (Å²) in [5, 5.41) is 5.56. The molecule has 136 valence electrons. The first-order valence-electron chi connectivity index (χ1n) is 8.57. The molecule has 0 atom stereocenters. The van der Waals surface area contributed by atoms with E-state index < -0.39 is 0 Å². The van der Waals surface area contributed by atoms with E-state index in [0.29, 0.717) is 22.7 Å². The van der Waals surface area contributed by atoms with Crippen LogP contribution in [0.1, 0.15) is 15.9 Å². The summed E-state index contributed by atoms with van der Waals surface area (Å²) < 4.78 is 5.55. The van der Waals surface area contributed by atoms with Crippen molar-refractivity contribution in [2.45, 2.75) is 6.92 Å². The maximum absolute atomic E-state index is 12.5. The number of aryl methyl sites for hydroxylation is 1. The number of anilines is 2. The fraction of sp³-hybridized carbons (Fsp3) is 0.0909. The minimum Gasteiger partial charge on any atom is -0.483 e. The molecule has 0 bridgehead atoms. The lowest BCUT2D eigenvalue weighted by Crippen LogP contribution is -2.23. The van der Waals surface area contributed by atoms with Gasteiger partial charge in [0.05, 0.1) is 11.3 Å². The maximum Gasteiger partial charge on any atom is 0.262 e. The van der Waals surface area contributed by atoms with Gasteiger partial charge in [-0.3, -0.25) is 9.59 Å². The van der Waals surface area contributed by atoms with E-state index >= 15 is 0 Å². The van der Waals surface area contributed by atoms with E-state index in [0.717, 1.165) is 5.56 Å². The van der Waals surface area contributed by atoms with Crippen molar-refractivity contribution in [3.05, 3.63) is 90.0 Å². The summed E-state index contributed by atoms with van der Waals surface area (Å²) in [5.74, 6) is 0.0258. The lowest BCUT2D eigenvalue weighted by Gasteiger charge is -2.12. The average molecular weight is 360 g/mol. The zero-order valence-electron chi connectivity index (χ0n) is 14.9. The summed E-state index contributed by atoms with van der Waals surface area (Å²) in [4.78, 5) is 24.8. The Kier molecular flexibility index (Phi) is 5.84. The zero-order chi connectivity index (χ0) is 19.1. The molecule has 2 N–H and O–H groups in total. The van der Waals surface area contributed by atoms with Gasteiger partial charge in [-0.2, -0.15) is 0 Å². The van der Waals surface area contributed by atoms with Gasteiger partial charge in [-0.1, -0.05) is 48.5 Å². The van der Waals surface area contributed by atoms with Crippen LogP contribution in [0.5, 0.6) is 5.75 Å². The fourth-order valence-corrected chi connectivity index (χ4v) is 2.56. The van der Waals surface area contributed by atoms with Crippen molar-refractivity contribution in [2.24, 2.45) is 0 Å². The van der Waals surface area contributed by atoms with E-state index in [1.807, 2.05) is 49.4 Å². The third-order valence-electron chi connectivity index (χ3n) is 3.93. The van der Waals surface area contributed by atoms with Crippen LogP contribution in [0.2, 0.25) is 0 Å². The first-order chi connectivity index (χ1) is 13.1. The Morgan fingerprint density at radius 1 is 0.815 bits per heavy atom. The molecule has 2 amide bonds. The average Bonchev–Trinajstić information content (AvgIpc) is 2.68. The van der Waals surface area contributed by atoms with Crippen molar-refractivity contribution in [3.8, 4) is 5.75 Å². The van der Waals surface area contributed by atoms with Gasteiger partial charge in [-0.05, 0) is 42.8 Å². The van der Waals surface area contributed by atoms with Crippen molar-refractivity contribution in [1.82, 2.24) is 0 Å². The van der Waals surface area contributed by atoms with Gasteiger partial charge in [0.1, 0.15) is 5.75 Å². The smallest absolute Gasteiger partial charge is 0.262 e. The SMILES string of the molecule is Cc1ccccc1OCC(=O)Nc1ccccc1C(=O)Nc1ccccc1. The molecule has 0 radical (unpaired) electrons. The standard InChI is InChI=1S/C22H20N2O3/c1-16-9-5-8-14-20(16)27-15-21(25)24-19-13-7-6-12-18(19)22(26)23-17-10-3-2-4-11-17/h2-14H,15H2,1H3,(H,23,26)(H,24,25). The van der Waals surface area contributed by atoms with Gasteiger partial charge in [0.25, 0.3) is 11.8 Å². The number of hydrogen-bond acceptors (Lipinski definition) is 3. The number of hydrogen-bond donors (Lipinski definition) is 2. The second-order valence-corrected chi connectivity index (χ2v) is 5.97. The minimum absolute atomic E-state index is 0.139. The Balaban J connectivity index is 1.66. The summed E-state index contributed by atoms with van der Waals surface area (Å²) in [6.45, 7) is 1.77. The predicted octanol–water partition coefficient (Wildman–Crippen LogP) is 4.26. The molecule has 3 rings (SSSR count). The molecule has 3 aromatic rings. The van der Waals surface area contributed by atoms with E-state index in [2.05, 4.69) is 10.6 Å². The van der Waals surface area contributed by atoms with Crippen LogP contribution in [0.3, 0.4) is 0 Å². The topological polar surface area (TPSA) is 67.4 Å². The largest absolute Gasteiger partial charge is 0.483 e. The highest BCUT2D eigenvalue weighted by Gasteiger charge is 2.14. The Morgan fingerprint density at radius 2 is 1.48 bits per heavy atom. The highest BCUT2D eigenvalue weighted by atomic mass is 16.5. The van der Waals surface area contributed by atoms with Crippen LogP contribution < -0.4 is 15.4 Å². The second kappa shape index (κ2) is 8.67. The summed E-state index contributed by atoms with van der Waals surface area (Å²) in [5.41, 5.74) is 2.45. The lowest BCUT2D eigenvalue weighted by atomic mass is 10.1. The number of carbonyl (C=O) groups is 2. The quantitative estimate of drug-likeness (QED) is 0.690. The second-order valence-electron chi connectivity index (χ2n) is 5.97. The van der Waals surface area contributed by atoms with Gasteiger partial charge >= 0.3 is 0 Å². The number of nitrogens with one attached hydrogen (secondary N) is 2. The first-order valence-corrected chi connectivity index (χ1v) is 8.57. The van der Waals surface area contributed by atoms with Gasteiger partial charge in [-0.25, -0.2) is 0 Å². The van der Waals surface area contributed by atoms with Gasteiger partial charge in [0.2, 0.25) is 0 Å². The molecule has 27 heavy (non-hydrogen) atoms. The van der Waals surface area contributed by atoms with Gasteiger partial charge in [0.15, 0.2) is 6.61 Å². The summed E-state index contributed by atoms with van der Waals surface area (Å²) >= 11 is 0. The number of amides is 2. The van der Waals surface area contributed by atoms with E-state index in [1.54, 1.807) is 36.4 Å². The van der Waals surface area contributed by atoms with E-state index in [4.69, 9.17) is 4.74 Å². The Bertz CT molecular complexity index is 939. The number of ether oxygens (including phenoxy) is 1. The van der Waals surface area contributed by atoms with E-state index in [1.165, 1.54) is 0 Å². The van der Waals surface area contributed by atoms with Crippen LogP contribution in [0, 0.1) is 6.92 Å². The molecular formula is C22H20N2O3. The van der Waals surface area contributed by atoms with Gasteiger partial charge < -0.3 is 15.4 Å². The van der Waals surface area contributed by atoms with Crippen molar-refractivity contribution in [2.75, 3.05) is 17.2 Å². The van der Waals surface area contributed by atoms with Crippen LogP contribution in [-0.4, -0.2) is 18.4 Å². The molecule has 0 aliphatic heterocycles. The molecule has 0 aliphatic rings. The van der Waals surface area contributed by atoms with Crippen LogP contribution in [0.4, 0.5) is 11.4 Å². The number of benzene rings is 3. The molecule has 0 aromatic heterocycles. The summed E-state index contributed by atoms with van der Waals surface area (Å²) in [6, 6.07) is 23.5. The van der Waals surface area contributed by atoms with Crippen molar-refractivity contribution in [3.63, 3.8) is 0 Å². The van der Waals surface area contributed by atoms with Crippen LogP contribution in [0.25, 0.3) is 0 Å². The fourth-order valence-electron chi connectivity index (χ4n) is 2.56. The van der Waals surface area contributed by atoms with Crippen molar-refractivity contribution < 1.29 is 14.3 Å². The Hall–Kier alpha value is -3.60. The van der Waals surface area contributed by atoms with E-state index in [9.17, 15) is 9.59 Å². The highest BCUT2D eigenvalue weighted by molar-refractivity contribution is 6.10. The van der Waals surface area contributed by atoms with Crippen molar-refractivity contribution in [1.29, 1.82) is 0 Å². The maximum atomic E-state index is 12.5. The van der Waals surface area contributed by atoms with Crippen LogP contribution >= 0.6 is 0 Å². The normalized spacial score (nSPS) is 10.1. The Morgan fingerprint density at radius 3 is 2.26 bits per heavy atom. The van der Waals surface area contributed by atoms with E-state index in [-0.39, 0.29) is 18.4 Å². The third kappa shape index (κ3) is 4.95. The minimum atomic E-state index is -0.335.